The van der Waals surface area contributed by atoms with E-state index in [-0.39, 0.29) is 18.4 Å². The first kappa shape index (κ1) is 25.4. The van der Waals surface area contributed by atoms with Gasteiger partial charge >= 0.3 is 5.97 Å². The van der Waals surface area contributed by atoms with Gasteiger partial charge in [-0.25, -0.2) is 9.78 Å². The third-order valence-electron chi connectivity index (χ3n) is 5.18. The molecule has 3 aromatic rings. The van der Waals surface area contributed by atoms with Crippen molar-refractivity contribution >= 4 is 23.2 Å². The van der Waals surface area contributed by atoms with Gasteiger partial charge in [0.2, 0.25) is 0 Å². The number of aromatic nitrogens is 1. The van der Waals surface area contributed by atoms with Gasteiger partial charge < -0.3 is 19.9 Å². The number of thiazole rings is 1. The number of nitrogens with zero attached hydrogens (tertiary/aromatic N) is 1. The number of carboxylic acid groups (broad SMARTS) is 1. The number of hydrogen-bond donors (Lipinski definition) is 2. The van der Waals surface area contributed by atoms with Crippen LogP contribution in [0.2, 0.25) is 0 Å². The molecule has 1 amide bonds. The van der Waals surface area contributed by atoms with E-state index in [1.807, 2.05) is 69.3 Å². The van der Waals surface area contributed by atoms with Gasteiger partial charge in [-0.05, 0) is 44.4 Å². The Bertz CT molecular complexity index is 1130. The van der Waals surface area contributed by atoms with Crippen molar-refractivity contribution in [3.8, 4) is 16.3 Å². The van der Waals surface area contributed by atoms with Gasteiger partial charge in [0.15, 0.2) is 6.10 Å². The second kappa shape index (κ2) is 11.8. The zero-order valence-corrected chi connectivity index (χ0v) is 20.6. The van der Waals surface area contributed by atoms with E-state index in [4.69, 9.17) is 9.47 Å². The lowest BCUT2D eigenvalue weighted by atomic mass is 10.0. The molecule has 0 aliphatic rings. The molecule has 0 fully saturated rings. The van der Waals surface area contributed by atoms with E-state index in [0.29, 0.717) is 29.3 Å². The maximum Gasteiger partial charge on any atom is 0.333 e. The summed E-state index contributed by atoms with van der Waals surface area (Å²) in [6.45, 7) is 5.86. The van der Waals surface area contributed by atoms with Gasteiger partial charge in [-0.2, -0.15) is 0 Å². The minimum Gasteiger partial charge on any atom is -0.496 e. The molecule has 34 heavy (non-hydrogen) atoms. The third-order valence-corrected chi connectivity index (χ3v) is 6.39. The van der Waals surface area contributed by atoms with E-state index in [1.54, 1.807) is 7.11 Å². The van der Waals surface area contributed by atoms with Gasteiger partial charge in [-0.1, -0.05) is 42.5 Å². The van der Waals surface area contributed by atoms with Crippen molar-refractivity contribution in [1.29, 1.82) is 0 Å². The fourth-order valence-electron chi connectivity index (χ4n) is 3.59. The Morgan fingerprint density at radius 1 is 1.15 bits per heavy atom. The van der Waals surface area contributed by atoms with Crippen LogP contribution in [0.15, 0.2) is 48.5 Å². The van der Waals surface area contributed by atoms with Crippen LogP contribution in [0.25, 0.3) is 10.6 Å². The number of aliphatic carboxylic acids is 1. The number of benzene rings is 2. The molecule has 0 saturated heterocycles. The van der Waals surface area contributed by atoms with Gasteiger partial charge in [0.1, 0.15) is 15.6 Å². The SMILES string of the molecule is COc1ccc(CC(OC(C)C)C(=O)O)cc1CCNC(=O)c1sc(-c2ccccc2)nc1C. The molecule has 0 aliphatic carbocycles. The fourth-order valence-corrected chi connectivity index (χ4v) is 4.58. The quantitative estimate of drug-likeness (QED) is 0.417. The van der Waals surface area contributed by atoms with Crippen LogP contribution in [0.4, 0.5) is 0 Å². The Hall–Kier alpha value is -3.23. The molecule has 0 saturated carbocycles. The summed E-state index contributed by atoms with van der Waals surface area (Å²) >= 11 is 1.37. The molecule has 0 radical (unpaired) electrons. The molecule has 8 heteroatoms. The molecule has 0 spiro atoms. The van der Waals surface area contributed by atoms with Crippen molar-refractivity contribution < 1.29 is 24.2 Å². The summed E-state index contributed by atoms with van der Waals surface area (Å²) in [5.74, 6) is -0.466. The lowest BCUT2D eigenvalue weighted by Gasteiger charge is -2.17. The van der Waals surface area contributed by atoms with E-state index in [2.05, 4.69) is 10.3 Å². The summed E-state index contributed by atoms with van der Waals surface area (Å²) in [7, 11) is 1.59. The maximum atomic E-state index is 12.8. The Kier molecular flexibility index (Phi) is 8.79. The maximum absolute atomic E-state index is 12.8. The van der Waals surface area contributed by atoms with Crippen molar-refractivity contribution in [1.82, 2.24) is 10.3 Å². The van der Waals surface area contributed by atoms with Crippen LogP contribution in [-0.4, -0.2) is 47.8 Å². The van der Waals surface area contributed by atoms with E-state index in [0.717, 1.165) is 21.7 Å². The molecule has 180 valence electrons. The molecule has 2 aromatic carbocycles. The van der Waals surface area contributed by atoms with Crippen LogP contribution >= 0.6 is 11.3 Å². The second-order valence-electron chi connectivity index (χ2n) is 8.17. The number of carbonyl (C=O) groups excluding carboxylic acids is 1. The van der Waals surface area contributed by atoms with Crippen LogP contribution in [0.5, 0.6) is 5.75 Å². The van der Waals surface area contributed by atoms with Crippen molar-refractivity contribution in [2.75, 3.05) is 13.7 Å². The monoisotopic (exact) mass is 482 g/mol. The first-order chi connectivity index (χ1) is 16.3. The van der Waals surface area contributed by atoms with E-state index in [9.17, 15) is 14.7 Å². The largest absolute Gasteiger partial charge is 0.496 e. The number of carbonyl (C=O) groups is 2. The van der Waals surface area contributed by atoms with Gasteiger partial charge in [0.25, 0.3) is 5.91 Å². The molecule has 1 unspecified atom stereocenters. The summed E-state index contributed by atoms with van der Waals surface area (Å²) in [5, 5.41) is 13.2. The van der Waals surface area contributed by atoms with Crippen LogP contribution in [0.1, 0.15) is 40.3 Å². The number of hydrogen-bond acceptors (Lipinski definition) is 6. The summed E-state index contributed by atoms with van der Waals surface area (Å²) in [5.41, 5.74) is 3.41. The number of aryl methyl sites for hydroxylation is 1. The number of ether oxygens (including phenoxy) is 2. The Morgan fingerprint density at radius 2 is 1.88 bits per heavy atom. The minimum atomic E-state index is -0.992. The van der Waals surface area contributed by atoms with Gasteiger partial charge in [-0.3, -0.25) is 4.79 Å². The highest BCUT2D eigenvalue weighted by molar-refractivity contribution is 7.17. The molecule has 0 aliphatic heterocycles. The van der Waals surface area contributed by atoms with Gasteiger partial charge in [0.05, 0.1) is 18.9 Å². The fraction of sp³-hybridized carbons (Fsp3) is 0.346. The predicted molar refractivity (Wildman–Crippen MR) is 133 cm³/mol. The zero-order chi connectivity index (χ0) is 24.7. The average molecular weight is 483 g/mol. The zero-order valence-electron chi connectivity index (χ0n) is 19.8. The first-order valence-corrected chi connectivity index (χ1v) is 11.9. The number of nitrogens with one attached hydrogen (secondary N) is 1. The van der Waals surface area contributed by atoms with E-state index in [1.165, 1.54) is 11.3 Å². The topological polar surface area (TPSA) is 97.8 Å². The summed E-state index contributed by atoms with van der Waals surface area (Å²) < 4.78 is 11.0. The van der Waals surface area contributed by atoms with Crippen molar-refractivity contribution in [2.45, 2.75) is 45.8 Å². The standard InChI is InChI=1S/C26H30N2O5S/c1-16(2)33-22(26(30)31)15-18-10-11-21(32-4)20(14-18)12-13-27-24(29)23-17(3)28-25(34-23)19-8-6-5-7-9-19/h5-11,14,16,22H,12-13,15H2,1-4H3,(H,27,29)(H,30,31). The number of methoxy groups -OCH3 is 1. The van der Waals surface area contributed by atoms with E-state index >= 15 is 0 Å². The molecule has 1 heterocycles. The first-order valence-electron chi connectivity index (χ1n) is 11.1. The highest BCUT2D eigenvalue weighted by Gasteiger charge is 2.21. The second-order valence-corrected chi connectivity index (χ2v) is 9.17. The predicted octanol–water partition coefficient (Wildman–Crippen LogP) is 4.52. The van der Waals surface area contributed by atoms with Gasteiger partial charge in [-0.15, -0.1) is 11.3 Å². The minimum absolute atomic E-state index is 0.163. The summed E-state index contributed by atoms with van der Waals surface area (Å²) in [6, 6.07) is 15.4. The van der Waals surface area contributed by atoms with E-state index < -0.39 is 12.1 Å². The molecule has 2 N–H and O–H groups in total. The average Bonchev–Trinajstić information content (AvgIpc) is 3.20. The molecule has 7 nitrogen and oxygen atoms in total. The number of carboxylic acids is 1. The molecule has 1 aromatic heterocycles. The van der Waals surface area contributed by atoms with Crippen molar-refractivity contribution in [2.24, 2.45) is 0 Å². The molecule has 3 rings (SSSR count). The van der Waals surface area contributed by atoms with Crippen LogP contribution in [-0.2, 0) is 22.4 Å². The van der Waals surface area contributed by atoms with Crippen LogP contribution < -0.4 is 10.1 Å². The molecule has 1 atom stereocenters. The molecular weight excluding hydrogens is 452 g/mol. The lowest BCUT2D eigenvalue weighted by Crippen LogP contribution is -2.29. The van der Waals surface area contributed by atoms with Crippen molar-refractivity contribution in [3.05, 3.63) is 70.2 Å². The Balaban J connectivity index is 1.66. The molecular formula is C26H30N2O5S. The summed E-state index contributed by atoms with van der Waals surface area (Å²) in [6.07, 6.45) is -0.325. The highest BCUT2D eigenvalue weighted by atomic mass is 32.1. The van der Waals surface area contributed by atoms with Gasteiger partial charge in [0, 0.05) is 18.5 Å². The normalized spacial score (nSPS) is 11.9. The third kappa shape index (κ3) is 6.65. The highest BCUT2D eigenvalue weighted by Crippen LogP contribution is 2.28. The summed E-state index contributed by atoms with van der Waals surface area (Å²) in [4.78, 5) is 29.5. The van der Waals surface area contributed by atoms with Crippen molar-refractivity contribution in [3.63, 3.8) is 0 Å². The van der Waals surface area contributed by atoms with Crippen LogP contribution in [0.3, 0.4) is 0 Å². The Morgan fingerprint density at radius 3 is 2.53 bits per heavy atom. The van der Waals surface area contributed by atoms with Crippen LogP contribution in [0, 0.1) is 6.92 Å². The molecule has 0 bridgehead atoms. The Labute approximate surface area is 203 Å². The lowest BCUT2D eigenvalue weighted by molar-refractivity contribution is -0.153. The number of amides is 1. The number of rotatable bonds is 11. The smallest absolute Gasteiger partial charge is 0.333 e.